The lowest BCUT2D eigenvalue weighted by molar-refractivity contribution is -0.274. The van der Waals surface area contributed by atoms with E-state index in [0.717, 1.165) is 52.5 Å². The first-order chi connectivity index (χ1) is 19.9. The van der Waals surface area contributed by atoms with Gasteiger partial charge in [-0.1, -0.05) is 37.6 Å². The molecule has 1 saturated heterocycles. The number of nitrogens with one attached hydrogen (secondary N) is 1. The van der Waals surface area contributed by atoms with Gasteiger partial charge in [-0.2, -0.15) is 4.31 Å². The van der Waals surface area contributed by atoms with E-state index in [4.69, 9.17) is 0 Å². The Morgan fingerprint density at radius 3 is 2.31 bits per heavy atom. The summed E-state index contributed by atoms with van der Waals surface area (Å²) in [7, 11) is -4.36. The number of carbonyl (C=O) groups is 2. The summed E-state index contributed by atoms with van der Waals surface area (Å²) < 4.78 is 71.0. The van der Waals surface area contributed by atoms with Crippen molar-refractivity contribution < 1.29 is 35.9 Å². The number of halogens is 3. The molecule has 226 valence electrons. The van der Waals surface area contributed by atoms with E-state index in [1.807, 2.05) is 24.3 Å². The minimum Gasteiger partial charge on any atom is -0.406 e. The van der Waals surface area contributed by atoms with Crippen LogP contribution in [0.1, 0.15) is 30.3 Å². The van der Waals surface area contributed by atoms with Crippen LogP contribution in [0.25, 0.3) is 0 Å². The first-order valence-electron chi connectivity index (χ1n) is 13.1. The molecule has 1 aromatic heterocycles. The lowest BCUT2D eigenvalue weighted by Crippen LogP contribution is -2.61. The number of alkyl halides is 3. The summed E-state index contributed by atoms with van der Waals surface area (Å²) in [4.78, 5) is 27.5. The molecule has 1 atom stereocenters. The number of sulfonamides is 1. The molecule has 2 amide bonds. The minimum atomic E-state index is -4.94. The van der Waals surface area contributed by atoms with Gasteiger partial charge in [-0.3, -0.25) is 9.59 Å². The standard InChI is InChI=1S/C26H30F3N7O5S/c1-3-4-19-5-7-20(8-6-19)15-30-25(38)23-16-34(24(37)17-35-18(2)31-32-33-35)13-14-36(23)42(39,40)22-11-9-21(10-12-22)41-26(27,28)29/h5-12,23H,3-4,13-17H2,1-2H3,(H,30,38)/t23-/m1/s1. The van der Waals surface area contributed by atoms with Gasteiger partial charge in [-0.25, -0.2) is 13.1 Å². The van der Waals surface area contributed by atoms with Crippen LogP contribution in [0.2, 0.25) is 0 Å². The Bertz CT molecular complexity index is 1500. The Morgan fingerprint density at radius 1 is 1.05 bits per heavy atom. The molecule has 0 unspecified atom stereocenters. The summed E-state index contributed by atoms with van der Waals surface area (Å²) >= 11 is 0. The second-order valence-corrected chi connectivity index (χ2v) is 11.5. The number of piperazine rings is 1. The number of aromatic nitrogens is 4. The molecule has 2 aromatic carbocycles. The Morgan fingerprint density at radius 2 is 1.71 bits per heavy atom. The third kappa shape index (κ3) is 7.61. The molecule has 1 aliphatic heterocycles. The molecule has 16 heteroatoms. The molecular weight excluding hydrogens is 579 g/mol. The normalized spacial score (nSPS) is 16.3. The van der Waals surface area contributed by atoms with Gasteiger partial charge in [-0.05, 0) is 59.2 Å². The van der Waals surface area contributed by atoms with E-state index < -0.39 is 40.0 Å². The smallest absolute Gasteiger partial charge is 0.406 e. The summed E-state index contributed by atoms with van der Waals surface area (Å²) in [6.07, 6.45) is -3.04. The van der Waals surface area contributed by atoms with E-state index in [1.165, 1.54) is 9.58 Å². The van der Waals surface area contributed by atoms with E-state index in [0.29, 0.717) is 5.82 Å². The highest BCUT2D eigenvalue weighted by molar-refractivity contribution is 7.89. The Kier molecular flexibility index (Phi) is 9.46. The zero-order chi connectivity index (χ0) is 30.5. The number of benzene rings is 2. The zero-order valence-electron chi connectivity index (χ0n) is 22.9. The zero-order valence-corrected chi connectivity index (χ0v) is 23.7. The largest absolute Gasteiger partial charge is 0.573 e. The van der Waals surface area contributed by atoms with Crippen molar-refractivity contribution in [3.8, 4) is 5.75 Å². The number of tetrazole rings is 1. The maximum atomic E-state index is 13.6. The molecule has 3 aromatic rings. The minimum absolute atomic E-state index is 0.0306. The molecule has 4 rings (SSSR count). The van der Waals surface area contributed by atoms with Crippen LogP contribution in [-0.2, 0) is 39.1 Å². The van der Waals surface area contributed by atoms with Crippen LogP contribution in [0.4, 0.5) is 13.2 Å². The van der Waals surface area contributed by atoms with Gasteiger partial charge in [0.2, 0.25) is 21.8 Å². The van der Waals surface area contributed by atoms with Crippen LogP contribution in [0.5, 0.6) is 5.75 Å². The molecule has 0 radical (unpaired) electrons. The fourth-order valence-corrected chi connectivity index (χ4v) is 6.06. The fourth-order valence-electron chi connectivity index (χ4n) is 4.49. The summed E-state index contributed by atoms with van der Waals surface area (Å²) in [5.41, 5.74) is 1.95. The molecule has 0 aliphatic carbocycles. The number of aryl methyl sites for hydroxylation is 2. The average Bonchev–Trinajstić information content (AvgIpc) is 3.35. The number of hydrogen-bond acceptors (Lipinski definition) is 8. The van der Waals surface area contributed by atoms with Crippen molar-refractivity contribution in [3.63, 3.8) is 0 Å². The van der Waals surface area contributed by atoms with E-state index in [9.17, 15) is 31.2 Å². The molecule has 1 N–H and O–H groups in total. The first kappa shape index (κ1) is 30.9. The maximum Gasteiger partial charge on any atom is 0.573 e. The lowest BCUT2D eigenvalue weighted by Gasteiger charge is -2.39. The monoisotopic (exact) mass is 609 g/mol. The second kappa shape index (κ2) is 12.9. The van der Waals surface area contributed by atoms with Crippen LogP contribution in [0.3, 0.4) is 0 Å². The van der Waals surface area contributed by atoms with Gasteiger partial charge >= 0.3 is 6.36 Å². The van der Waals surface area contributed by atoms with E-state index in [-0.39, 0.29) is 37.6 Å². The SMILES string of the molecule is CCCc1ccc(CNC(=O)[C@H]2CN(C(=O)Cn3nnnc3C)CCN2S(=O)(=O)c2ccc(OC(F)(F)F)cc2)cc1. The van der Waals surface area contributed by atoms with Crippen molar-refractivity contribution in [3.05, 3.63) is 65.5 Å². The van der Waals surface area contributed by atoms with E-state index in [2.05, 4.69) is 32.5 Å². The number of ether oxygens (including phenoxy) is 1. The Labute approximate surface area is 240 Å². The number of amides is 2. The van der Waals surface area contributed by atoms with Crippen LogP contribution in [-0.4, -0.2) is 81.7 Å². The molecule has 1 fully saturated rings. The molecule has 12 nitrogen and oxygen atoms in total. The van der Waals surface area contributed by atoms with Gasteiger partial charge in [0.05, 0.1) is 4.90 Å². The third-order valence-corrected chi connectivity index (χ3v) is 8.60. The summed E-state index contributed by atoms with van der Waals surface area (Å²) in [5, 5.41) is 13.8. The molecular formula is C26H30F3N7O5S. The molecule has 0 bridgehead atoms. The molecule has 1 aliphatic rings. The fraction of sp³-hybridized carbons (Fsp3) is 0.423. The first-order valence-corrected chi connectivity index (χ1v) is 14.5. The molecule has 0 saturated carbocycles. The van der Waals surface area contributed by atoms with Gasteiger partial charge in [0.15, 0.2) is 0 Å². The van der Waals surface area contributed by atoms with Crippen molar-refractivity contribution in [2.45, 2.75) is 57.1 Å². The quantitative estimate of drug-likeness (QED) is 0.369. The van der Waals surface area contributed by atoms with Crippen LogP contribution in [0.15, 0.2) is 53.4 Å². The van der Waals surface area contributed by atoms with Gasteiger partial charge in [0.1, 0.15) is 24.2 Å². The van der Waals surface area contributed by atoms with Crippen LogP contribution in [0, 0.1) is 6.92 Å². The highest BCUT2D eigenvalue weighted by Gasteiger charge is 2.41. The average molecular weight is 610 g/mol. The summed E-state index contributed by atoms with van der Waals surface area (Å²) in [5.74, 6) is -1.24. The number of rotatable bonds is 10. The third-order valence-electron chi connectivity index (χ3n) is 6.67. The number of hydrogen-bond donors (Lipinski definition) is 1. The van der Waals surface area contributed by atoms with Crippen LogP contribution < -0.4 is 10.1 Å². The van der Waals surface area contributed by atoms with Gasteiger partial charge in [0.25, 0.3) is 0 Å². The second-order valence-electron chi connectivity index (χ2n) is 9.66. The van der Waals surface area contributed by atoms with Crippen molar-refractivity contribution in [2.75, 3.05) is 19.6 Å². The van der Waals surface area contributed by atoms with Crippen molar-refractivity contribution in [2.24, 2.45) is 0 Å². The maximum absolute atomic E-state index is 13.6. The van der Waals surface area contributed by atoms with Gasteiger partial charge < -0.3 is 15.0 Å². The van der Waals surface area contributed by atoms with Crippen molar-refractivity contribution in [1.29, 1.82) is 0 Å². The summed E-state index contributed by atoms with van der Waals surface area (Å²) in [6, 6.07) is 10.0. The highest BCUT2D eigenvalue weighted by atomic mass is 32.2. The number of carbonyl (C=O) groups excluding carboxylic acids is 2. The van der Waals surface area contributed by atoms with Gasteiger partial charge in [-0.15, -0.1) is 18.3 Å². The summed E-state index contributed by atoms with van der Waals surface area (Å²) in [6.45, 7) is 3.09. The topological polar surface area (TPSA) is 140 Å². The lowest BCUT2D eigenvalue weighted by atomic mass is 10.1. The highest BCUT2D eigenvalue weighted by Crippen LogP contribution is 2.27. The predicted octanol–water partition coefficient (Wildman–Crippen LogP) is 2.05. The molecule has 0 spiro atoms. The predicted molar refractivity (Wildman–Crippen MR) is 142 cm³/mol. The van der Waals surface area contributed by atoms with Crippen LogP contribution >= 0.6 is 0 Å². The Balaban J connectivity index is 1.54. The number of nitrogens with zero attached hydrogens (tertiary/aromatic N) is 6. The van der Waals surface area contributed by atoms with E-state index in [1.54, 1.807) is 6.92 Å². The van der Waals surface area contributed by atoms with Crippen molar-refractivity contribution in [1.82, 2.24) is 34.7 Å². The van der Waals surface area contributed by atoms with Crippen molar-refractivity contribution >= 4 is 21.8 Å². The molecule has 42 heavy (non-hydrogen) atoms. The van der Waals surface area contributed by atoms with Gasteiger partial charge in [0, 0.05) is 26.2 Å². The Hall–Kier alpha value is -4.05. The molecule has 2 heterocycles. The van der Waals surface area contributed by atoms with E-state index >= 15 is 0 Å².